The minimum absolute atomic E-state index is 0.381. The van der Waals surface area contributed by atoms with Crippen molar-refractivity contribution in [2.24, 2.45) is 5.16 Å². The smallest absolute Gasteiger partial charge is 0.143 e. The topological polar surface area (TPSA) is 40.0 Å². The molecule has 0 fully saturated rings. The minimum atomic E-state index is 0.381. The van der Waals surface area contributed by atoms with E-state index in [2.05, 4.69) is 11.4 Å². The molecule has 1 radical (unpaired) electrons. The normalized spacial score (nSPS) is 10.5. The van der Waals surface area contributed by atoms with E-state index in [9.17, 15) is 0 Å². The first-order valence-electron chi connectivity index (χ1n) is 6.17. The third-order valence-corrected chi connectivity index (χ3v) is 2.73. The molecule has 0 spiro atoms. The summed E-state index contributed by atoms with van der Waals surface area (Å²) in [4.78, 5) is 5.21. The number of rotatable bonds is 6. The van der Waals surface area contributed by atoms with Gasteiger partial charge in [0, 0.05) is 5.56 Å². The maximum Gasteiger partial charge on any atom is 0.143 e. The van der Waals surface area contributed by atoms with E-state index in [1.165, 1.54) is 0 Å². The quantitative estimate of drug-likeness (QED) is 0.598. The molecule has 0 heterocycles. The lowest BCUT2D eigenvalue weighted by Crippen LogP contribution is -1.92. The molecular formula is C16H16NO3. The summed E-state index contributed by atoms with van der Waals surface area (Å²) < 4.78 is 10.3. The second-order valence-corrected chi connectivity index (χ2v) is 4.02. The molecule has 20 heavy (non-hydrogen) atoms. The Labute approximate surface area is 118 Å². The van der Waals surface area contributed by atoms with Gasteiger partial charge in [0.2, 0.25) is 0 Å². The molecule has 0 unspecified atom stereocenters. The molecule has 0 amide bonds. The van der Waals surface area contributed by atoms with E-state index >= 15 is 0 Å². The molecule has 0 saturated heterocycles. The lowest BCUT2D eigenvalue weighted by molar-refractivity contribution is 0.132. The van der Waals surface area contributed by atoms with Gasteiger partial charge in [-0.15, -0.1) is 0 Å². The van der Waals surface area contributed by atoms with E-state index in [0.29, 0.717) is 12.4 Å². The Balaban J connectivity index is 1.90. The van der Waals surface area contributed by atoms with Gasteiger partial charge in [-0.1, -0.05) is 29.4 Å². The van der Waals surface area contributed by atoms with Crippen molar-refractivity contribution in [1.29, 1.82) is 0 Å². The summed E-state index contributed by atoms with van der Waals surface area (Å²) in [6, 6.07) is 15.1. The lowest BCUT2D eigenvalue weighted by Gasteiger charge is -2.03. The van der Waals surface area contributed by atoms with Crippen LogP contribution in [0.1, 0.15) is 11.1 Å². The molecule has 4 heteroatoms. The van der Waals surface area contributed by atoms with Crippen molar-refractivity contribution in [2.45, 2.75) is 6.61 Å². The second kappa shape index (κ2) is 7.19. The standard InChI is InChI=1S/C16H16NO3/c1-18-15-9-7-13(8-10-15)12-20-17-11-14-5-3-4-6-16(14)19-2/h3-10H,12H2,1-2H3. The van der Waals surface area contributed by atoms with E-state index in [-0.39, 0.29) is 0 Å². The van der Waals surface area contributed by atoms with E-state index in [0.717, 1.165) is 16.9 Å². The monoisotopic (exact) mass is 270 g/mol. The molecule has 2 aromatic carbocycles. The lowest BCUT2D eigenvalue weighted by atomic mass is 10.2. The van der Waals surface area contributed by atoms with Crippen molar-refractivity contribution in [3.05, 3.63) is 59.7 Å². The van der Waals surface area contributed by atoms with Crippen LogP contribution in [0.25, 0.3) is 0 Å². The summed E-state index contributed by atoms with van der Waals surface area (Å²) in [5.41, 5.74) is 1.76. The van der Waals surface area contributed by atoms with Gasteiger partial charge in [-0.3, -0.25) is 0 Å². The van der Waals surface area contributed by atoms with E-state index < -0.39 is 0 Å². The molecule has 0 aromatic heterocycles. The maximum atomic E-state index is 5.21. The SMILES string of the molecule is COc1ccc(CO/N=[C]\c2ccccc2OC)cc1. The first kappa shape index (κ1) is 13.9. The molecule has 0 bridgehead atoms. The first-order chi connectivity index (χ1) is 9.83. The van der Waals surface area contributed by atoms with Crippen molar-refractivity contribution in [1.82, 2.24) is 0 Å². The Morgan fingerprint density at radius 1 is 0.950 bits per heavy atom. The second-order valence-electron chi connectivity index (χ2n) is 4.02. The summed E-state index contributed by atoms with van der Waals surface area (Å²) in [6.07, 6.45) is 2.81. The molecule has 2 aromatic rings. The predicted molar refractivity (Wildman–Crippen MR) is 77.3 cm³/mol. The highest BCUT2D eigenvalue weighted by atomic mass is 16.6. The number of nitrogens with zero attached hydrogens (tertiary/aromatic N) is 1. The fourth-order valence-electron chi connectivity index (χ4n) is 1.65. The van der Waals surface area contributed by atoms with Gasteiger partial charge >= 0.3 is 0 Å². The molecule has 2 rings (SSSR count). The average molecular weight is 270 g/mol. The average Bonchev–Trinajstić information content (AvgIpc) is 2.52. The Bertz CT molecular complexity index is 564. The zero-order chi connectivity index (χ0) is 14.2. The zero-order valence-corrected chi connectivity index (χ0v) is 11.5. The number of ether oxygens (including phenoxy) is 2. The van der Waals surface area contributed by atoms with Gasteiger partial charge in [-0.2, -0.15) is 0 Å². The van der Waals surface area contributed by atoms with Crippen LogP contribution in [0.3, 0.4) is 0 Å². The summed E-state index contributed by atoms with van der Waals surface area (Å²) in [5.74, 6) is 1.53. The van der Waals surface area contributed by atoms with Crippen LogP contribution in [0.2, 0.25) is 0 Å². The fourth-order valence-corrected chi connectivity index (χ4v) is 1.65. The van der Waals surface area contributed by atoms with Gasteiger partial charge in [0.25, 0.3) is 0 Å². The molecule has 0 aliphatic rings. The largest absolute Gasteiger partial charge is 0.497 e. The van der Waals surface area contributed by atoms with Gasteiger partial charge in [-0.25, -0.2) is 0 Å². The summed E-state index contributed by atoms with van der Waals surface area (Å²) in [6.45, 7) is 0.381. The Morgan fingerprint density at radius 2 is 1.70 bits per heavy atom. The van der Waals surface area contributed by atoms with Crippen LogP contribution in [0.5, 0.6) is 11.5 Å². The van der Waals surface area contributed by atoms with E-state index in [4.69, 9.17) is 14.3 Å². The van der Waals surface area contributed by atoms with Crippen LogP contribution in [-0.4, -0.2) is 20.4 Å². The molecule has 103 valence electrons. The van der Waals surface area contributed by atoms with Crippen molar-refractivity contribution in [3.63, 3.8) is 0 Å². The van der Waals surface area contributed by atoms with Crippen molar-refractivity contribution in [2.75, 3.05) is 14.2 Å². The number of hydrogen-bond acceptors (Lipinski definition) is 4. The molecule has 0 aliphatic carbocycles. The van der Waals surface area contributed by atoms with Crippen LogP contribution in [0, 0.1) is 0 Å². The van der Waals surface area contributed by atoms with Crippen molar-refractivity contribution >= 4 is 6.21 Å². The summed E-state index contributed by atoms with van der Waals surface area (Å²) in [5, 5.41) is 3.83. The number of para-hydroxylation sites is 1. The van der Waals surface area contributed by atoms with Crippen LogP contribution in [0.15, 0.2) is 53.7 Å². The Hall–Kier alpha value is -2.49. The van der Waals surface area contributed by atoms with Crippen LogP contribution < -0.4 is 9.47 Å². The minimum Gasteiger partial charge on any atom is -0.497 e. The summed E-state index contributed by atoms with van der Waals surface area (Å²) in [7, 11) is 3.25. The molecule has 0 saturated carbocycles. The third-order valence-electron chi connectivity index (χ3n) is 2.73. The molecule has 0 atom stereocenters. The zero-order valence-electron chi connectivity index (χ0n) is 11.5. The van der Waals surface area contributed by atoms with Crippen LogP contribution in [0.4, 0.5) is 0 Å². The van der Waals surface area contributed by atoms with Gasteiger partial charge in [0.1, 0.15) is 24.3 Å². The maximum absolute atomic E-state index is 5.21. The molecule has 0 aliphatic heterocycles. The van der Waals surface area contributed by atoms with Gasteiger partial charge < -0.3 is 14.3 Å². The summed E-state index contributed by atoms with van der Waals surface area (Å²) >= 11 is 0. The molecular weight excluding hydrogens is 254 g/mol. The van der Waals surface area contributed by atoms with Gasteiger partial charge in [0.05, 0.1) is 14.2 Å². The predicted octanol–water partition coefficient (Wildman–Crippen LogP) is 3.13. The third kappa shape index (κ3) is 3.75. The van der Waals surface area contributed by atoms with Crippen LogP contribution >= 0.6 is 0 Å². The number of methoxy groups -OCH3 is 2. The van der Waals surface area contributed by atoms with E-state index in [1.807, 2.05) is 48.5 Å². The van der Waals surface area contributed by atoms with Crippen molar-refractivity contribution in [3.8, 4) is 11.5 Å². The van der Waals surface area contributed by atoms with E-state index in [1.54, 1.807) is 14.2 Å². The highest BCUT2D eigenvalue weighted by Crippen LogP contribution is 2.15. The number of hydrogen-bond donors (Lipinski definition) is 0. The molecule has 4 nitrogen and oxygen atoms in total. The molecule has 0 N–H and O–H groups in total. The van der Waals surface area contributed by atoms with Crippen LogP contribution in [-0.2, 0) is 11.4 Å². The van der Waals surface area contributed by atoms with Crippen molar-refractivity contribution < 1.29 is 14.3 Å². The Kier molecular flexibility index (Phi) is 5.00. The fraction of sp³-hybridized carbons (Fsp3) is 0.188. The number of benzene rings is 2. The Morgan fingerprint density at radius 3 is 2.40 bits per heavy atom. The highest BCUT2D eigenvalue weighted by molar-refractivity contribution is 5.82. The first-order valence-corrected chi connectivity index (χ1v) is 6.17. The van der Waals surface area contributed by atoms with Gasteiger partial charge in [0.15, 0.2) is 0 Å². The highest BCUT2D eigenvalue weighted by Gasteiger charge is 1.99. The van der Waals surface area contributed by atoms with Gasteiger partial charge in [-0.05, 0) is 29.8 Å².